The summed E-state index contributed by atoms with van der Waals surface area (Å²) in [6.07, 6.45) is 1.58. The van der Waals surface area contributed by atoms with Crippen LogP contribution in [0.25, 0.3) is 21.9 Å². The van der Waals surface area contributed by atoms with Crippen LogP contribution in [-0.2, 0) is 18.4 Å². The summed E-state index contributed by atoms with van der Waals surface area (Å²) in [5.74, 6) is -0.937. The van der Waals surface area contributed by atoms with E-state index in [1.807, 2.05) is 36.4 Å². The molecule has 0 radical (unpaired) electrons. The molecule has 136 valence electrons. The number of aromatic nitrogens is 3. The molecule has 2 heterocycles. The number of amides is 2. The highest BCUT2D eigenvalue weighted by molar-refractivity contribution is 6.07. The number of nitrogens with one attached hydrogen (secondary N) is 3. The second-order valence-corrected chi connectivity index (χ2v) is 6.17. The van der Waals surface area contributed by atoms with Gasteiger partial charge in [0.2, 0.25) is 0 Å². The van der Waals surface area contributed by atoms with Crippen molar-refractivity contribution >= 4 is 33.8 Å². The van der Waals surface area contributed by atoms with E-state index in [-0.39, 0.29) is 12.2 Å². The Bertz CT molecular complexity index is 1230. The summed E-state index contributed by atoms with van der Waals surface area (Å²) in [6, 6.07) is 14.6. The Balaban J connectivity index is 1.48. The van der Waals surface area contributed by atoms with Crippen LogP contribution in [0.1, 0.15) is 10.4 Å². The zero-order chi connectivity index (χ0) is 19.0. The van der Waals surface area contributed by atoms with E-state index in [2.05, 4.69) is 15.8 Å². The molecule has 2 aromatic carbocycles. The molecule has 0 bridgehead atoms. The fourth-order valence-electron chi connectivity index (χ4n) is 3.15. The summed E-state index contributed by atoms with van der Waals surface area (Å²) in [4.78, 5) is 39.9. The Morgan fingerprint density at radius 1 is 1.00 bits per heavy atom. The summed E-state index contributed by atoms with van der Waals surface area (Å²) in [7, 11) is 1.65. The van der Waals surface area contributed by atoms with Gasteiger partial charge in [0.25, 0.3) is 11.8 Å². The second kappa shape index (κ2) is 6.49. The number of aromatic amines is 1. The summed E-state index contributed by atoms with van der Waals surface area (Å²) < 4.78 is 2.84. The normalized spacial score (nSPS) is 11.0. The first-order valence-electron chi connectivity index (χ1n) is 8.36. The van der Waals surface area contributed by atoms with E-state index in [4.69, 9.17) is 0 Å². The monoisotopic (exact) mass is 363 g/mol. The molecule has 4 aromatic rings. The molecule has 27 heavy (non-hydrogen) atoms. The lowest BCUT2D eigenvalue weighted by atomic mass is 10.2. The number of hydrogen-bond acceptors (Lipinski definition) is 3. The Morgan fingerprint density at radius 2 is 1.70 bits per heavy atom. The number of nitrogens with zero attached hydrogens (tertiary/aromatic N) is 2. The maximum atomic E-state index is 12.3. The number of carbonyl (C=O) groups is 2. The first-order chi connectivity index (χ1) is 13.1. The van der Waals surface area contributed by atoms with Gasteiger partial charge in [-0.3, -0.25) is 29.6 Å². The number of carbonyl (C=O) groups excluding carboxylic acids is 2. The van der Waals surface area contributed by atoms with Crippen molar-refractivity contribution in [1.82, 2.24) is 25.0 Å². The lowest BCUT2D eigenvalue weighted by molar-refractivity contribution is -0.122. The molecule has 2 aromatic heterocycles. The number of H-pyrrole nitrogens is 1. The largest absolute Gasteiger partial charge is 0.360 e. The quantitative estimate of drug-likeness (QED) is 0.478. The Labute approximate surface area is 153 Å². The van der Waals surface area contributed by atoms with E-state index in [0.29, 0.717) is 11.1 Å². The van der Waals surface area contributed by atoms with Gasteiger partial charge in [0.15, 0.2) is 0 Å². The Hall–Kier alpha value is -3.81. The maximum Gasteiger partial charge on any atom is 0.329 e. The van der Waals surface area contributed by atoms with Crippen molar-refractivity contribution in [3.8, 4) is 0 Å². The van der Waals surface area contributed by atoms with E-state index in [1.165, 1.54) is 9.13 Å². The summed E-state index contributed by atoms with van der Waals surface area (Å²) in [5, 5.41) is 0.759. The van der Waals surface area contributed by atoms with Gasteiger partial charge >= 0.3 is 5.69 Å². The molecule has 0 unspecified atom stereocenters. The van der Waals surface area contributed by atoms with E-state index >= 15 is 0 Å². The second-order valence-electron chi connectivity index (χ2n) is 6.17. The molecular formula is C19H17N5O3. The fraction of sp³-hybridized carbons (Fsp3) is 0.105. The summed E-state index contributed by atoms with van der Waals surface area (Å²) in [6.45, 7) is -0.200. The third-order valence-corrected chi connectivity index (χ3v) is 4.50. The minimum atomic E-state index is -0.498. The van der Waals surface area contributed by atoms with Gasteiger partial charge in [-0.15, -0.1) is 0 Å². The molecule has 0 aliphatic carbocycles. The number of hydrogen-bond donors (Lipinski definition) is 3. The minimum absolute atomic E-state index is 0.200. The van der Waals surface area contributed by atoms with Crippen LogP contribution in [0.4, 0.5) is 0 Å². The number of fused-ring (bicyclic) bond motifs is 2. The van der Waals surface area contributed by atoms with E-state index in [9.17, 15) is 14.4 Å². The molecule has 2 amide bonds. The van der Waals surface area contributed by atoms with Crippen molar-refractivity contribution in [3.05, 3.63) is 70.8 Å². The molecule has 0 spiro atoms. The highest BCUT2D eigenvalue weighted by atomic mass is 16.2. The summed E-state index contributed by atoms with van der Waals surface area (Å²) >= 11 is 0. The predicted octanol–water partition coefficient (Wildman–Crippen LogP) is 1.28. The van der Waals surface area contributed by atoms with E-state index < -0.39 is 11.8 Å². The number of rotatable bonds is 3. The lowest BCUT2D eigenvalue weighted by Crippen LogP contribution is -2.44. The molecule has 4 rings (SSSR count). The first kappa shape index (κ1) is 16.6. The van der Waals surface area contributed by atoms with Gasteiger partial charge in [-0.25, -0.2) is 4.79 Å². The highest BCUT2D eigenvalue weighted by Gasteiger charge is 2.15. The Kier molecular flexibility index (Phi) is 4.00. The third kappa shape index (κ3) is 2.86. The molecule has 0 aliphatic rings. The van der Waals surface area contributed by atoms with Gasteiger partial charge in [-0.05, 0) is 18.2 Å². The molecule has 0 saturated heterocycles. The molecule has 8 heteroatoms. The van der Waals surface area contributed by atoms with Crippen LogP contribution in [0.3, 0.4) is 0 Å². The fourth-order valence-corrected chi connectivity index (χ4v) is 3.15. The molecule has 0 aliphatic heterocycles. The van der Waals surface area contributed by atoms with Crippen molar-refractivity contribution in [2.45, 2.75) is 6.54 Å². The van der Waals surface area contributed by atoms with Crippen molar-refractivity contribution in [2.24, 2.45) is 7.05 Å². The summed E-state index contributed by atoms with van der Waals surface area (Å²) in [5.41, 5.74) is 7.10. The van der Waals surface area contributed by atoms with E-state index in [1.54, 1.807) is 25.4 Å². The SMILES string of the molecule is Cn1c(=O)n(CC(=O)NNC(=O)c2c[nH]c3ccccc23)c2ccccc21. The number of hydrazine groups is 1. The molecular weight excluding hydrogens is 346 g/mol. The molecule has 0 atom stereocenters. The smallest absolute Gasteiger partial charge is 0.329 e. The molecule has 0 fully saturated rings. The van der Waals surface area contributed by atoms with Crippen molar-refractivity contribution in [3.63, 3.8) is 0 Å². The Morgan fingerprint density at radius 3 is 2.52 bits per heavy atom. The zero-order valence-electron chi connectivity index (χ0n) is 14.5. The van der Waals surface area contributed by atoms with Crippen LogP contribution < -0.4 is 16.5 Å². The lowest BCUT2D eigenvalue weighted by Gasteiger charge is -2.07. The van der Waals surface area contributed by atoms with Crippen molar-refractivity contribution < 1.29 is 9.59 Å². The average molecular weight is 363 g/mol. The minimum Gasteiger partial charge on any atom is -0.360 e. The molecule has 3 N–H and O–H groups in total. The highest BCUT2D eigenvalue weighted by Crippen LogP contribution is 2.17. The van der Waals surface area contributed by atoms with Gasteiger partial charge in [0.05, 0.1) is 16.6 Å². The van der Waals surface area contributed by atoms with Crippen LogP contribution in [0.15, 0.2) is 59.5 Å². The van der Waals surface area contributed by atoms with Crippen LogP contribution >= 0.6 is 0 Å². The van der Waals surface area contributed by atoms with Gasteiger partial charge in [0.1, 0.15) is 6.54 Å². The standard InChI is InChI=1S/C19H17N5O3/c1-23-15-8-4-5-9-16(15)24(19(23)27)11-17(25)21-22-18(26)13-10-20-14-7-3-2-6-12(13)14/h2-10,20H,11H2,1H3,(H,21,25)(H,22,26). The average Bonchev–Trinajstić information content (AvgIpc) is 3.22. The molecule has 8 nitrogen and oxygen atoms in total. The van der Waals surface area contributed by atoms with Crippen LogP contribution in [0, 0.1) is 0 Å². The number of benzene rings is 2. The van der Waals surface area contributed by atoms with Crippen LogP contribution in [0.5, 0.6) is 0 Å². The van der Waals surface area contributed by atoms with Gasteiger partial charge < -0.3 is 4.98 Å². The molecule has 0 saturated carbocycles. The van der Waals surface area contributed by atoms with Gasteiger partial charge in [0, 0.05) is 24.1 Å². The zero-order valence-corrected chi connectivity index (χ0v) is 14.5. The predicted molar refractivity (Wildman–Crippen MR) is 101 cm³/mol. The van der Waals surface area contributed by atoms with E-state index in [0.717, 1.165) is 16.4 Å². The number of imidazole rings is 1. The number of para-hydroxylation sites is 3. The number of aryl methyl sites for hydroxylation is 1. The van der Waals surface area contributed by atoms with Crippen molar-refractivity contribution in [1.29, 1.82) is 0 Å². The van der Waals surface area contributed by atoms with Gasteiger partial charge in [-0.2, -0.15) is 0 Å². The maximum absolute atomic E-state index is 12.3. The van der Waals surface area contributed by atoms with Crippen LogP contribution in [-0.4, -0.2) is 25.9 Å². The van der Waals surface area contributed by atoms with Crippen molar-refractivity contribution in [2.75, 3.05) is 0 Å². The third-order valence-electron chi connectivity index (χ3n) is 4.50. The topological polar surface area (TPSA) is 101 Å². The van der Waals surface area contributed by atoms with Gasteiger partial charge in [-0.1, -0.05) is 30.3 Å². The van der Waals surface area contributed by atoms with Crippen LogP contribution in [0.2, 0.25) is 0 Å². The first-order valence-corrected chi connectivity index (χ1v) is 8.36.